The van der Waals surface area contributed by atoms with Crippen molar-refractivity contribution in [2.45, 2.75) is 64.0 Å². The lowest BCUT2D eigenvalue weighted by Gasteiger charge is -2.39. The van der Waals surface area contributed by atoms with Crippen LogP contribution in [0.2, 0.25) is 0 Å². The molecule has 4 rings (SSSR count). The van der Waals surface area contributed by atoms with Gasteiger partial charge in [-0.05, 0) is 38.6 Å². The Bertz CT molecular complexity index is 486. The Balaban J connectivity index is 1.43. The van der Waals surface area contributed by atoms with E-state index in [0.717, 1.165) is 19.8 Å². The minimum atomic E-state index is 0.452. The summed E-state index contributed by atoms with van der Waals surface area (Å²) in [5, 5.41) is 0. The number of piperidine rings is 1. The normalized spacial score (nSPS) is 31.1. The van der Waals surface area contributed by atoms with Crippen molar-refractivity contribution in [3.05, 3.63) is 18.2 Å². The summed E-state index contributed by atoms with van der Waals surface area (Å²) in [5.41, 5.74) is 1.87. The molecule has 0 bridgehead atoms. The number of hydrogen-bond acceptors (Lipinski definition) is 3. The van der Waals surface area contributed by atoms with Crippen LogP contribution < -0.4 is 0 Å². The molecule has 4 nitrogen and oxygen atoms in total. The Morgan fingerprint density at radius 1 is 1.18 bits per heavy atom. The first-order valence-electron chi connectivity index (χ1n) is 9.16. The van der Waals surface area contributed by atoms with Crippen molar-refractivity contribution < 1.29 is 4.74 Å². The van der Waals surface area contributed by atoms with Crippen LogP contribution in [0.1, 0.15) is 63.1 Å². The van der Waals surface area contributed by atoms with Gasteiger partial charge in [0.2, 0.25) is 0 Å². The molecule has 4 heteroatoms. The van der Waals surface area contributed by atoms with Crippen molar-refractivity contribution in [3.63, 3.8) is 0 Å². The third-order valence-electron chi connectivity index (χ3n) is 6.03. The minimum absolute atomic E-state index is 0.452. The Morgan fingerprint density at radius 3 is 2.91 bits per heavy atom. The van der Waals surface area contributed by atoms with E-state index < -0.39 is 0 Å². The van der Waals surface area contributed by atoms with Crippen LogP contribution in [-0.4, -0.2) is 40.8 Å². The summed E-state index contributed by atoms with van der Waals surface area (Å²) >= 11 is 0. The summed E-state index contributed by atoms with van der Waals surface area (Å²) in [5.74, 6) is 0. The smallest absolute Gasteiger partial charge is 0.0951 e. The van der Waals surface area contributed by atoms with E-state index in [2.05, 4.69) is 27.0 Å². The zero-order valence-electron chi connectivity index (χ0n) is 13.7. The van der Waals surface area contributed by atoms with Gasteiger partial charge in [-0.15, -0.1) is 0 Å². The highest BCUT2D eigenvalue weighted by Crippen LogP contribution is 2.38. The molecule has 0 radical (unpaired) electrons. The van der Waals surface area contributed by atoms with Crippen molar-refractivity contribution in [1.29, 1.82) is 0 Å². The fraction of sp³-hybridized carbons (Fsp3) is 0.833. The van der Waals surface area contributed by atoms with Crippen molar-refractivity contribution in [1.82, 2.24) is 14.5 Å². The van der Waals surface area contributed by atoms with Crippen LogP contribution in [0.15, 0.2) is 12.5 Å². The van der Waals surface area contributed by atoms with Gasteiger partial charge in [0.05, 0.1) is 18.6 Å². The Morgan fingerprint density at radius 2 is 2.09 bits per heavy atom. The largest absolute Gasteiger partial charge is 0.381 e. The summed E-state index contributed by atoms with van der Waals surface area (Å²) < 4.78 is 8.17. The Labute approximate surface area is 133 Å². The molecule has 122 valence electrons. The maximum atomic E-state index is 5.70. The molecule has 1 aromatic heterocycles. The van der Waals surface area contributed by atoms with Crippen LogP contribution in [0.25, 0.3) is 0 Å². The van der Waals surface area contributed by atoms with Crippen molar-refractivity contribution in [2.24, 2.45) is 5.41 Å². The van der Waals surface area contributed by atoms with Gasteiger partial charge in [0.1, 0.15) is 0 Å². The van der Waals surface area contributed by atoms with E-state index in [1.165, 1.54) is 70.2 Å². The summed E-state index contributed by atoms with van der Waals surface area (Å²) in [6, 6.07) is 0.694. The standard InChI is InChI=1S/C18H29N3O/c1-2-5-16(6-3-1)21-15-19-11-17(21)12-20-9-4-7-18(13-20)8-10-22-14-18/h11,15-16H,1-10,12-14H2/t18-/m0/s1. The van der Waals surface area contributed by atoms with Gasteiger partial charge in [0.25, 0.3) is 0 Å². The van der Waals surface area contributed by atoms with Crippen molar-refractivity contribution >= 4 is 0 Å². The van der Waals surface area contributed by atoms with Gasteiger partial charge in [0, 0.05) is 37.4 Å². The van der Waals surface area contributed by atoms with Crippen LogP contribution in [0, 0.1) is 5.41 Å². The summed E-state index contributed by atoms with van der Waals surface area (Å²) in [4.78, 5) is 7.11. The second kappa shape index (κ2) is 6.32. The van der Waals surface area contributed by atoms with Gasteiger partial charge in [0.15, 0.2) is 0 Å². The highest BCUT2D eigenvalue weighted by molar-refractivity contribution is 5.02. The second-order valence-corrected chi connectivity index (χ2v) is 7.70. The third kappa shape index (κ3) is 2.95. The Hall–Kier alpha value is -0.870. The predicted molar refractivity (Wildman–Crippen MR) is 86.7 cm³/mol. The van der Waals surface area contributed by atoms with E-state index in [-0.39, 0.29) is 0 Å². The van der Waals surface area contributed by atoms with Gasteiger partial charge in [-0.2, -0.15) is 0 Å². The number of nitrogens with zero attached hydrogens (tertiary/aromatic N) is 3. The number of rotatable bonds is 3. The molecule has 2 aliphatic heterocycles. The van der Waals surface area contributed by atoms with E-state index in [0.29, 0.717) is 11.5 Å². The quantitative estimate of drug-likeness (QED) is 0.857. The maximum absolute atomic E-state index is 5.70. The molecule has 2 saturated heterocycles. The van der Waals surface area contributed by atoms with Gasteiger partial charge >= 0.3 is 0 Å². The van der Waals surface area contributed by atoms with Gasteiger partial charge in [-0.1, -0.05) is 19.3 Å². The van der Waals surface area contributed by atoms with Gasteiger partial charge in [-0.3, -0.25) is 4.90 Å². The number of likely N-dealkylation sites (tertiary alicyclic amines) is 1. The minimum Gasteiger partial charge on any atom is -0.381 e. The van der Waals surface area contributed by atoms with Crippen LogP contribution in [0.5, 0.6) is 0 Å². The van der Waals surface area contributed by atoms with Crippen LogP contribution in [-0.2, 0) is 11.3 Å². The average molecular weight is 303 g/mol. The first-order chi connectivity index (χ1) is 10.8. The summed E-state index contributed by atoms with van der Waals surface area (Å²) in [7, 11) is 0. The monoisotopic (exact) mass is 303 g/mol. The van der Waals surface area contributed by atoms with E-state index in [1.54, 1.807) is 0 Å². The first-order valence-corrected chi connectivity index (χ1v) is 9.16. The molecule has 0 amide bonds. The van der Waals surface area contributed by atoms with Crippen molar-refractivity contribution in [2.75, 3.05) is 26.3 Å². The van der Waals surface area contributed by atoms with Gasteiger partial charge < -0.3 is 9.30 Å². The fourth-order valence-electron chi connectivity index (χ4n) is 4.79. The van der Waals surface area contributed by atoms with Crippen LogP contribution in [0.4, 0.5) is 0 Å². The number of hydrogen-bond donors (Lipinski definition) is 0. The molecule has 1 saturated carbocycles. The lowest BCUT2D eigenvalue weighted by Crippen LogP contribution is -2.43. The second-order valence-electron chi connectivity index (χ2n) is 7.70. The van der Waals surface area contributed by atoms with E-state index in [9.17, 15) is 0 Å². The number of aromatic nitrogens is 2. The molecule has 0 N–H and O–H groups in total. The first kappa shape index (κ1) is 14.7. The van der Waals surface area contributed by atoms with Crippen LogP contribution in [0.3, 0.4) is 0 Å². The topological polar surface area (TPSA) is 30.3 Å². The van der Waals surface area contributed by atoms with E-state index in [4.69, 9.17) is 4.74 Å². The zero-order chi connectivity index (χ0) is 14.8. The molecule has 1 spiro atoms. The molecular weight excluding hydrogens is 274 g/mol. The highest BCUT2D eigenvalue weighted by Gasteiger charge is 2.39. The number of ether oxygens (including phenoxy) is 1. The molecule has 1 aromatic rings. The molecule has 0 aromatic carbocycles. The third-order valence-corrected chi connectivity index (χ3v) is 6.03. The predicted octanol–water partition coefficient (Wildman–Crippen LogP) is 3.39. The molecule has 3 heterocycles. The van der Waals surface area contributed by atoms with E-state index >= 15 is 0 Å². The van der Waals surface area contributed by atoms with Crippen molar-refractivity contribution in [3.8, 4) is 0 Å². The van der Waals surface area contributed by atoms with E-state index in [1.807, 2.05) is 0 Å². The molecule has 3 fully saturated rings. The molecule has 3 aliphatic rings. The number of imidazole rings is 1. The lowest BCUT2D eigenvalue weighted by molar-refractivity contribution is 0.0628. The highest BCUT2D eigenvalue weighted by atomic mass is 16.5. The molecular formula is C18H29N3O. The molecule has 1 atom stereocenters. The zero-order valence-corrected chi connectivity index (χ0v) is 13.7. The fourth-order valence-corrected chi connectivity index (χ4v) is 4.79. The maximum Gasteiger partial charge on any atom is 0.0951 e. The molecule has 0 unspecified atom stereocenters. The van der Waals surface area contributed by atoms with Crippen LogP contribution >= 0.6 is 0 Å². The van der Waals surface area contributed by atoms with Gasteiger partial charge in [-0.25, -0.2) is 4.98 Å². The SMILES string of the molecule is c1ncn(C2CCCCC2)c1CN1CCC[C@]2(CCOC2)C1. The Kier molecular flexibility index (Phi) is 4.23. The average Bonchev–Trinajstić information content (AvgIpc) is 3.18. The molecule has 1 aliphatic carbocycles. The summed E-state index contributed by atoms with van der Waals surface area (Å²) in [6.07, 6.45) is 14.9. The lowest BCUT2D eigenvalue weighted by atomic mass is 9.79. The molecule has 22 heavy (non-hydrogen) atoms. The summed E-state index contributed by atoms with van der Waals surface area (Å²) in [6.45, 7) is 5.46.